The Bertz CT molecular complexity index is 1580. The number of aromatic nitrogens is 4. The number of para-hydroxylation sites is 1. The molecule has 0 radical (unpaired) electrons. The first-order chi connectivity index (χ1) is 17.8. The van der Waals surface area contributed by atoms with E-state index in [9.17, 15) is 18.1 Å². The van der Waals surface area contributed by atoms with Gasteiger partial charge in [-0.25, -0.2) is 12.8 Å². The standard InChI is InChI=1S/C24H20ClFN6O4S/c1-35-20-4-3-5-21(36-2)22(20)32-23(17-10-18(25)14-28-13-17)29-30-24(32)31-37(33,34)9-8-15-6-7-19(26)11-16(15)12-27/h3-7,10-11,13-14H,8-9H2,1-2H3,(H,30,31). The zero-order valence-corrected chi connectivity index (χ0v) is 21.2. The highest BCUT2D eigenvalue weighted by Crippen LogP contribution is 2.37. The van der Waals surface area contributed by atoms with Crippen LogP contribution in [0.4, 0.5) is 10.3 Å². The Morgan fingerprint density at radius 3 is 2.49 bits per heavy atom. The summed E-state index contributed by atoms with van der Waals surface area (Å²) >= 11 is 6.13. The number of nitrogens with zero attached hydrogens (tertiary/aromatic N) is 5. The molecule has 0 aliphatic rings. The van der Waals surface area contributed by atoms with Crippen LogP contribution >= 0.6 is 11.6 Å². The molecule has 0 unspecified atom stereocenters. The topological polar surface area (TPSA) is 132 Å². The van der Waals surface area contributed by atoms with Gasteiger partial charge in [-0.05, 0) is 42.3 Å². The lowest BCUT2D eigenvalue weighted by Crippen LogP contribution is -2.21. The molecule has 190 valence electrons. The van der Waals surface area contributed by atoms with Crippen LogP contribution in [0.25, 0.3) is 17.1 Å². The molecule has 37 heavy (non-hydrogen) atoms. The van der Waals surface area contributed by atoms with Gasteiger partial charge in [-0.2, -0.15) is 5.26 Å². The third-order valence-corrected chi connectivity index (χ3v) is 6.77. The first kappa shape index (κ1) is 25.9. The molecule has 4 aromatic rings. The van der Waals surface area contributed by atoms with Crippen molar-refractivity contribution in [1.82, 2.24) is 19.7 Å². The third kappa shape index (κ3) is 5.63. The van der Waals surface area contributed by atoms with Gasteiger partial charge in [0.2, 0.25) is 16.0 Å². The molecule has 1 N–H and O–H groups in total. The van der Waals surface area contributed by atoms with E-state index in [1.165, 1.54) is 43.3 Å². The average Bonchev–Trinajstić information content (AvgIpc) is 3.29. The number of methoxy groups -OCH3 is 2. The van der Waals surface area contributed by atoms with Crippen LogP contribution in [-0.4, -0.2) is 48.1 Å². The predicted octanol–water partition coefficient (Wildman–Crippen LogP) is 4.00. The number of nitrogens with one attached hydrogen (secondary N) is 1. The second-order valence-corrected chi connectivity index (χ2v) is 9.95. The maximum absolute atomic E-state index is 13.5. The number of anilines is 1. The van der Waals surface area contributed by atoms with E-state index in [1.54, 1.807) is 24.3 Å². The second-order valence-electron chi connectivity index (χ2n) is 7.67. The van der Waals surface area contributed by atoms with Crippen molar-refractivity contribution in [3.63, 3.8) is 0 Å². The summed E-state index contributed by atoms with van der Waals surface area (Å²) in [5.74, 6) is -0.180. The van der Waals surface area contributed by atoms with Gasteiger partial charge >= 0.3 is 0 Å². The highest BCUT2D eigenvalue weighted by Gasteiger charge is 2.25. The van der Waals surface area contributed by atoms with E-state index >= 15 is 0 Å². The highest BCUT2D eigenvalue weighted by atomic mass is 35.5. The molecular formula is C24H20ClFN6O4S. The fraction of sp³-hybridized carbons (Fsp3) is 0.167. The van der Waals surface area contributed by atoms with E-state index < -0.39 is 21.6 Å². The number of halogens is 2. The van der Waals surface area contributed by atoms with Gasteiger partial charge in [-0.1, -0.05) is 23.7 Å². The smallest absolute Gasteiger partial charge is 0.243 e. The van der Waals surface area contributed by atoms with Crippen molar-refractivity contribution in [2.24, 2.45) is 0 Å². The lowest BCUT2D eigenvalue weighted by atomic mass is 10.1. The van der Waals surface area contributed by atoms with E-state index in [-0.39, 0.29) is 23.8 Å². The number of sulfonamides is 1. The van der Waals surface area contributed by atoms with Gasteiger partial charge in [0.05, 0.1) is 36.6 Å². The summed E-state index contributed by atoms with van der Waals surface area (Å²) in [6.45, 7) is 0. The molecule has 0 amide bonds. The Morgan fingerprint density at radius 1 is 1.11 bits per heavy atom. The summed E-state index contributed by atoms with van der Waals surface area (Å²) in [6, 6.07) is 12.2. The zero-order chi connectivity index (χ0) is 26.6. The highest BCUT2D eigenvalue weighted by molar-refractivity contribution is 7.92. The fourth-order valence-electron chi connectivity index (χ4n) is 3.64. The molecule has 0 saturated carbocycles. The maximum atomic E-state index is 13.5. The lowest BCUT2D eigenvalue weighted by molar-refractivity contribution is 0.391. The van der Waals surface area contributed by atoms with Gasteiger partial charge in [0.15, 0.2) is 5.82 Å². The monoisotopic (exact) mass is 542 g/mol. The molecule has 0 bridgehead atoms. The number of hydrogen-bond acceptors (Lipinski definition) is 8. The van der Waals surface area contributed by atoms with Crippen LogP contribution in [0.2, 0.25) is 5.02 Å². The first-order valence-corrected chi connectivity index (χ1v) is 12.8. The number of rotatable bonds is 9. The Hall–Kier alpha value is -4.21. The molecule has 0 aliphatic carbocycles. The van der Waals surface area contributed by atoms with Crippen LogP contribution in [0.5, 0.6) is 11.5 Å². The zero-order valence-electron chi connectivity index (χ0n) is 19.6. The number of nitriles is 1. The Balaban J connectivity index is 1.77. The van der Waals surface area contributed by atoms with Crippen molar-refractivity contribution in [2.75, 3.05) is 24.7 Å². The van der Waals surface area contributed by atoms with E-state index in [2.05, 4.69) is 19.9 Å². The molecule has 0 atom stereocenters. The summed E-state index contributed by atoms with van der Waals surface area (Å²) in [4.78, 5) is 4.08. The molecule has 13 heteroatoms. The van der Waals surface area contributed by atoms with Crippen molar-refractivity contribution in [3.05, 3.63) is 76.8 Å². The van der Waals surface area contributed by atoms with Crippen LogP contribution < -0.4 is 14.2 Å². The van der Waals surface area contributed by atoms with Crippen molar-refractivity contribution < 1.29 is 22.3 Å². The number of benzene rings is 2. The van der Waals surface area contributed by atoms with Crippen molar-refractivity contribution in [2.45, 2.75) is 6.42 Å². The molecule has 0 fully saturated rings. The minimum Gasteiger partial charge on any atom is -0.494 e. The van der Waals surface area contributed by atoms with Gasteiger partial charge in [0, 0.05) is 18.0 Å². The molecule has 0 aliphatic heterocycles. The average molecular weight is 543 g/mol. The summed E-state index contributed by atoms with van der Waals surface area (Å²) in [5.41, 5.74) is 1.26. The minimum absolute atomic E-state index is 0.0321. The summed E-state index contributed by atoms with van der Waals surface area (Å²) in [7, 11) is -1.09. The lowest BCUT2D eigenvalue weighted by Gasteiger charge is -2.17. The Morgan fingerprint density at radius 2 is 1.84 bits per heavy atom. The first-order valence-electron chi connectivity index (χ1n) is 10.7. The van der Waals surface area contributed by atoms with Crippen LogP contribution in [0.15, 0.2) is 54.9 Å². The van der Waals surface area contributed by atoms with Crippen molar-refractivity contribution in [3.8, 4) is 34.6 Å². The number of hydrogen-bond donors (Lipinski definition) is 1. The minimum atomic E-state index is -4.01. The van der Waals surface area contributed by atoms with Gasteiger partial charge < -0.3 is 9.47 Å². The molecule has 4 rings (SSSR count). The van der Waals surface area contributed by atoms with Gasteiger partial charge in [-0.15, -0.1) is 10.2 Å². The third-order valence-electron chi connectivity index (χ3n) is 5.33. The maximum Gasteiger partial charge on any atom is 0.243 e. The molecule has 2 heterocycles. The summed E-state index contributed by atoms with van der Waals surface area (Å²) < 4.78 is 54.5. The second kappa shape index (κ2) is 10.8. The van der Waals surface area contributed by atoms with E-state index in [0.29, 0.717) is 33.3 Å². The molecule has 2 aromatic carbocycles. The number of pyridine rings is 1. The predicted molar refractivity (Wildman–Crippen MR) is 135 cm³/mol. The van der Waals surface area contributed by atoms with E-state index in [4.69, 9.17) is 21.1 Å². The number of aryl methyl sites for hydroxylation is 1. The van der Waals surface area contributed by atoms with Gasteiger partial charge in [0.1, 0.15) is 23.0 Å². The Kier molecular flexibility index (Phi) is 7.56. The largest absolute Gasteiger partial charge is 0.494 e. The van der Waals surface area contributed by atoms with Gasteiger partial charge in [0.25, 0.3) is 0 Å². The quantitative estimate of drug-likeness (QED) is 0.336. The molecular weight excluding hydrogens is 523 g/mol. The summed E-state index contributed by atoms with van der Waals surface area (Å²) in [6.07, 6.45) is 2.92. The van der Waals surface area contributed by atoms with Gasteiger partial charge in [-0.3, -0.25) is 14.3 Å². The fourth-order valence-corrected chi connectivity index (χ4v) is 4.82. The molecule has 0 saturated heterocycles. The van der Waals surface area contributed by atoms with Crippen molar-refractivity contribution >= 4 is 27.6 Å². The molecule has 0 spiro atoms. The number of ether oxygens (including phenoxy) is 2. The van der Waals surface area contributed by atoms with E-state index in [1.807, 2.05) is 6.07 Å². The van der Waals surface area contributed by atoms with Crippen molar-refractivity contribution in [1.29, 1.82) is 5.26 Å². The van der Waals surface area contributed by atoms with Crippen LogP contribution in [0.1, 0.15) is 11.1 Å². The molecule has 2 aromatic heterocycles. The van der Waals surface area contributed by atoms with E-state index in [0.717, 1.165) is 6.07 Å². The SMILES string of the molecule is COc1cccc(OC)c1-n1c(NS(=O)(=O)CCc2ccc(F)cc2C#N)nnc1-c1cncc(Cl)c1. The normalized spacial score (nSPS) is 11.1. The van der Waals surface area contributed by atoms with Crippen LogP contribution in [0, 0.1) is 17.1 Å². The van der Waals surface area contributed by atoms with Crippen LogP contribution in [0.3, 0.4) is 0 Å². The summed E-state index contributed by atoms with van der Waals surface area (Å²) in [5, 5.41) is 17.9. The Labute approximate surface area is 217 Å². The van der Waals surface area contributed by atoms with Crippen LogP contribution in [-0.2, 0) is 16.4 Å². The molecule has 10 nitrogen and oxygen atoms in total.